The van der Waals surface area contributed by atoms with E-state index in [1.54, 1.807) is 18.3 Å². The van der Waals surface area contributed by atoms with E-state index in [1.807, 2.05) is 0 Å². The molecule has 0 atom stereocenters. The van der Waals surface area contributed by atoms with Gasteiger partial charge in [-0.05, 0) is 36.8 Å². The third-order valence-electron chi connectivity index (χ3n) is 4.05. The molecule has 0 unspecified atom stereocenters. The largest absolute Gasteiger partial charge is 0.480 e. The molecule has 1 heterocycles. The van der Waals surface area contributed by atoms with Crippen molar-refractivity contribution in [2.24, 2.45) is 11.8 Å². The zero-order valence-electron chi connectivity index (χ0n) is 11.8. The van der Waals surface area contributed by atoms with Crippen LogP contribution in [0.2, 0.25) is 0 Å². The molecule has 0 bridgehead atoms. The molecule has 1 aromatic rings. The van der Waals surface area contributed by atoms with Crippen LogP contribution < -0.4 is 5.32 Å². The van der Waals surface area contributed by atoms with E-state index in [1.165, 1.54) is 17.4 Å². The van der Waals surface area contributed by atoms with Gasteiger partial charge in [-0.3, -0.25) is 9.59 Å². The molecule has 1 aromatic heterocycles. The lowest BCUT2D eigenvalue weighted by atomic mass is 9.83. The number of carbonyl (C=O) groups is 2. The van der Waals surface area contributed by atoms with E-state index in [0.717, 1.165) is 18.8 Å². The molecule has 2 N–H and O–H groups in total. The maximum Gasteiger partial charge on any atom is 0.323 e. The smallest absolute Gasteiger partial charge is 0.323 e. The Bertz CT molecular complexity index is 473. The number of hydrogen-bond donors (Lipinski definition) is 2. The molecule has 2 rings (SSSR count). The van der Waals surface area contributed by atoms with Gasteiger partial charge in [0.15, 0.2) is 0 Å². The molecule has 20 heavy (non-hydrogen) atoms. The summed E-state index contributed by atoms with van der Waals surface area (Å²) >= 11 is 0. The lowest BCUT2D eigenvalue weighted by Crippen LogP contribution is -2.32. The maximum absolute atomic E-state index is 12.1. The van der Waals surface area contributed by atoms with E-state index in [4.69, 9.17) is 5.11 Å². The van der Waals surface area contributed by atoms with Gasteiger partial charge >= 0.3 is 5.97 Å². The van der Waals surface area contributed by atoms with Crippen molar-refractivity contribution in [3.05, 3.63) is 24.0 Å². The summed E-state index contributed by atoms with van der Waals surface area (Å²) in [7, 11) is 0. The first-order chi connectivity index (χ1) is 9.56. The van der Waals surface area contributed by atoms with Gasteiger partial charge in [-0.2, -0.15) is 0 Å². The van der Waals surface area contributed by atoms with Gasteiger partial charge in [0, 0.05) is 12.7 Å². The van der Waals surface area contributed by atoms with Crippen LogP contribution in [-0.4, -0.2) is 28.1 Å². The van der Waals surface area contributed by atoms with Crippen LogP contribution >= 0.6 is 0 Å². The molecule has 0 saturated heterocycles. The number of carbonyl (C=O) groups excluding carboxylic acids is 1. The molecule has 0 radical (unpaired) electrons. The fourth-order valence-electron chi connectivity index (χ4n) is 2.76. The van der Waals surface area contributed by atoms with Crippen molar-refractivity contribution < 1.29 is 14.7 Å². The number of carboxylic acid groups (broad SMARTS) is 1. The van der Waals surface area contributed by atoms with Crippen molar-refractivity contribution in [3.8, 4) is 0 Å². The number of carboxylic acids is 1. The number of nitrogens with zero attached hydrogens (tertiary/aromatic N) is 1. The van der Waals surface area contributed by atoms with Crippen LogP contribution in [0.1, 0.15) is 43.1 Å². The summed E-state index contributed by atoms with van der Waals surface area (Å²) in [4.78, 5) is 22.8. The lowest BCUT2D eigenvalue weighted by Gasteiger charge is -2.26. The van der Waals surface area contributed by atoms with E-state index in [9.17, 15) is 9.59 Å². The molecular formula is C15H22N2O3. The molecule has 0 aromatic carbocycles. The highest BCUT2D eigenvalue weighted by Crippen LogP contribution is 2.27. The van der Waals surface area contributed by atoms with Crippen LogP contribution in [0.15, 0.2) is 18.3 Å². The fraction of sp³-hybridized carbons (Fsp3) is 0.600. The van der Waals surface area contributed by atoms with Gasteiger partial charge in [0.25, 0.3) is 5.91 Å². The minimum Gasteiger partial charge on any atom is -0.480 e. The second kappa shape index (κ2) is 6.59. The average molecular weight is 278 g/mol. The SMILES string of the molecule is CC1CCC(CNC(=O)c2cccn2CC(=O)O)CC1. The van der Waals surface area contributed by atoms with Gasteiger partial charge in [0.1, 0.15) is 12.2 Å². The number of aliphatic carboxylic acids is 1. The van der Waals surface area contributed by atoms with Crippen molar-refractivity contribution >= 4 is 11.9 Å². The van der Waals surface area contributed by atoms with E-state index in [2.05, 4.69) is 12.2 Å². The third kappa shape index (κ3) is 3.85. The molecule has 1 aliphatic rings. The number of amides is 1. The van der Waals surface area contributed by atoms with Crippen LogP contribution in [0, 0.1) is 11.8 Å². The Hall–Kier alpha value is -1.78. The third-order valence-corrected chi connectivity index (χ3v) is 4.05. The second-order valence-corrected chi connectivity index (χ2v) is 5.75. The summed E-state index contributed by atoms with van der Waals surface area (Å²) in [6.07, 6.45) is 6.41. The Labute approximate surface area is 119 Å². The van der Waals surface area contributed by atoms with Gasteiger partial charge in [0.2, 0.25) is 0 Å². The Morgan fingerprint density at radius 3 is 2.70 bits per heavy atom. The second-order valence-electron chi connectivity index (χ2n) is 5.75. The Balaban J connectivity index is 1.86. The van der Waals surface area contributed by atoms with Gasteiger partial charge in [-0.25, -0.2) is 0 Å². The molecule has 5 nitrogen and oxygen atoms in total. The van der Waals surface area contributed by atoms with Crippen LogP contribution in [-0.2, 0) is 11.3 Å². The van der Waals surface area contributed by atoms with Crippen molar-refractivity contribution in [1.29, 1.82) is 0 Å². The zero-order valence-corrected chi connectivity index (χ0v) is 11.8. The van der Waals surface area contributed by atoms with E-state index >= 15 is 0 Å². The predicted octanol–water partition coefficient (Wildman–Crippen LogP) is 2.13. The molecule has 1 fully saturated rings. The molecule has 110 valence electrons. The molecule has 0 aliphatic heterocycles. The first kappa shape index (κ1) is 14.6. The summed E-state index contributed by atoms with van der Waals surface area (Å²) in [6.45, 7) is 2.77. The quantitative estimate of drug-likeness (QED) is 0.866. The van der Waals surface area contributed by atoms with E-state index < -0.39 is 5.97 Å². The molecular weight excluding hydrogens is 256 g/mol. The summed E-state index contributed by atoms with van der Waals surface area (Å²) in [6, 6.07) is 3.35. The summed E-state index contributed by atoms with van der Waals surface area (Å²) in [5.41, 5.74) is 0.413. The summed E-state index contributed by atoms with van der Waals surface area (Å²) in [5.74, 6) is 0.221. The predicted molar refractivity (Wildman–Crippen MR) is 75.5 cm³/mol. The minimum absolute atomic E-state index is 0.184. The first-order valence-corrected chi connectivity index (χ1v) is 7.21. The van der Waals surface area contributed by atoms with Gasteiger partial charge in [0.05, 0.1) is 0 Å². The van der Waals surface area contributed by atoms with Crippen LogP contribution in [0.3, 0.4) is 0 Å². The average Bonchev–Trinajstić information content (AvgIpc) is 2.85. The van der Waals surface area contributed by atoms with Gasteiger partial charge < -0.3 is 15.0 Å². The van der Waals surface area contributed by atoms with Crippen molar-refractivity contribution in [2.45, 2.75) is 39.2 Å². The highest BCUT2D eigenvalue weighted by molar-refractivity contribution is 5.93. The van der Waals surface area contributed by atoms with Crippen LogP contribution in [0.25, 0.3) is 0 Å². The monoisotopic (exact) mass is 278 g/mol. The number of rotatable bonds is 5. The fourth-order valence-corrected chi connectivity index (χ4v) is 2.76. The molecule has 5 heteroatoms. The standard InChI is InChI=1S/C15H22N2O3/c1-11-4-6-12(7-5-11)9-16-15(20)13-3-2-8-17(13)10-14(18)19/h2-3,8,11-12H,4-7,9-10H2,1H3,(H,16,20)(H,18,19). The van der Waals surface area contributed by atoms with Gasteiger partial charge in [-0.1, -0.05) is 19.8 Å². The van der Waals surface area contributed by atoms with E-state index in [0.29, 0.717) is 18.2 Å². The van der Waals surface area contributed by atoms with Crippen molar-refractivity contribution in [3.63, 3.8) is 0 Å². The lowest BCUT2D eigenvalue weighted by molar-refractivity contribution is -0.137. The maximum atomic E-state index is 12.1. The van der Waals surface area contributed by atoms with E-state index in [-0.39, 0.29) is 12.5 Å². The Morgan fingerprint density at radius 2 is 2.05 bits per heavy atom. The number of nitrogens with one attached hydrogen (secondary N) is 1. The normalized spacial score (nSPS) is 22.4. The Morgan fingerprint density at radius 1 is 1.35 bits per heavy atom. The highest BCUT2D eigenvalue weighted by Gasteiger charge is 2.19. The number of aromatic nitrogens is 1. The molecule has 1 saturated carbocycles. The first-order valence-electron chi connectivity index (χ1n) is 7.21. The van der Waals surface area contributed by atoms with Gasteiger partial charge in [-0.15, -0.1) is 0 Å². The number of hydrogen-bond acceptors (Lipinski definition) is 2. The topological polar surface area (TPSA) is 71.3 Å². The molecule has 1 amide bonds. The van der Waals surface area contributed by atoms with Crippen LogP contribution in [0.5, 0.6) is 0 Å². The highest BCUT2D eigenvalue weighted by atomic mass is 16.4. The van der Waals surface area contributed by atoms with Crippen molar-refractivity contribution in [1.82, 2.24) is 9.88 Å². The minimum atomic E-state index is -0.948. The Kier molecular flexibility index (Phi) is 4.82. The molecule has 1 aliphatic carbocycles. The van der Waals surface area contributed by atoms with Crippen molar-refractivity contribution in [2.75, 3.05) is 6.54 Å². The zero-order chi connectivity index (χ0) is 14.5. The van der Waals surface area contributed by atoms with Crippen LogP contribution in [0.4, 0.5) is 0 Å². The summed E-state index contributed by atoms with van der Waals surface area (Å²) < 4.78 is 1.46. The summed E-state index contributed by atoms with van der Waals surface area (Å²) in [5, 5.41) is 11.7. The molecule has 0 spiro atoms.